The Balaban J connectivity index is 1.56. The molecule has 1 aliphatic heterocycles. The normalized spacial score (nSPS) is 23.4. The summed E-state index contributed by atoms with van der Waals surface area (Å²) in [6.45, 7) is 7.99. The number of carbonyl (C=O) groups excluding carboxylic acids is 2. The van der Waals surface area contributed by atoms with E-state index in [1.54, 1.807) is 4.90 Å². The highest BCUT2D eigenvalue weighted by Gasteiger charge is 2.43. The van der Waals surface area contributed by atoms with Gasteiger partial charge in [-0.05, 0) is 49.5 Å². The van der Waals surface area contributed by atoms with Crippen molar-refractivity contribution in [2.45, 2.75) is 39.2 Å². The zero-order chi connectivity index (χ0) is 20.0. The summed E-state index contributed by atoms with van der Waals surface area (Å²) in [4.78, 5) is 26.3. The first-order valence-electron chi connectivity index (χ1n) is 10.2. The summed E-state index contributed by atoms with van der Waals surface area (Å²) >= 11 is 0. The summed E-state index contributed by atoms with van der Waals surface area (Å²) in [7, 11) is 0. The third-order valence-electron chi connectivity index (χ3n) is 6.11. The zero-order valence-corrected chi connectivity index (χ0v) is 16.6. The van der Waals surface area contributed by atoms with Gasteiger partial charge in [0.15, 0.2) is 0 Å². The molecular formula is C23H30NO4. The van der Waals surface area contributed by atoms with E-state index < -0.39 is 0 Å². The molecule has 0 aromatic heterocycles. The van der Waals surface area contributed by atoms with E-state index in [2.05, 4.69) is 13.0 Å². The maximum Gasteiger partial charge on any atom is 0.410 e. The van der Waals surface area contributed by atoms with Crippen molar-refractivity contribution in [2.75, 3.05) is 19.7 Å². The average molecular weight is 384 g/mol. The second kappa shape index (κ2) is 9.26. The Bertz CT molecular complexity index is 692. The van der Waals surface area contributed by atoms with Gasteiger partial charge in [0.25, 0.3) is 0 Å². The summed E-state index contributed by atoms with van der Waals surface area (Å²) in [5.74, 6) is 0.00885. The Morgan fingerprint density at radius 2 is 1.89 bits per heavy atom. The number of hydrogen-bond acceptors (Lipinski definition) is 4. The highest BCUT2D eigenvalue weighted by molar-refractivity contribution is 5.74. The fourth-order valence-electron chi connectivity index (χ4n) is 4.38. The molecule has 1 radical (unpaired) electrons. The van der Waals surface area contributed by atoms with Gasteiger partial charge < -0.3 is 14.4 Å². The molecule has 1 amide bonds. The quantitative estimate of drug-likeness (QED) is 0.558. The number of esters is 1. The van der Waals surface area contributed by atoms with Crippen molar-refractivity contribution >= 4 is 12.1 Å². The minimum Gasteiger partial charge on any atom is -0.466 e. The van der Waals surface area contributed by atoms with Crippen LogP contribution in [0.25, 0.3) is 0 Å². The lowest BCUT2D eigenvalue weighted by Gasteiger charge is -2.47. The van der Waals surface area contributed by atoms with Crippen LogP contribution in [0.1, 0.15) is 38.2 Å². The second-order valence-corrected chi connectivity index (χ2v) is 7.70. The molecule has 28 heavy (non-hydrogen) atoms. The Morgan fingerprint density at radius 1 is 1.18 bits per heavy atom. The van der Waals surface area contributed by atoms with Crippen molar-refractivity contribution in [1.29, 1.82) is 0 Å². The molecule has 2 aliphatic rings. The van der Waals surface area contributed by atoms with Gasteiger partial charge in [0.1, 0.15) is 6.61 Å². The number of allylic oxidation sites excluding steroid dienone is 1. The molecule has 1 aromatic rings. The van der Waals surface area contributed by atoms with Crippen molar-refractivity contribution in [3.8, 4) is 0 Å². The van der Waals surface area contributed by atoms with Crippen LogP contribution in [-0.4, -0.2) is 36.7 Å². The molecule has 1 aromatic carbocycles. The molecule has 2 atom stereocenters. The van der Waals surface area contributed by atoms with Gasteiger partial charge in [-0.2, -0.15) is 0 Å². The predicted octanol–water partition coefficient (Wildman–Crippen LogP) is 4.38. The molecule has 1 saturated heterocycles. The smallest absolute Gasteiger partial charge is 0.410 e. The molecule has 1 fully saturated rings. The van der Waals surface area contributed by atoms with E-state index in [-0.39, 0.29) is 23.4 Å². The number of nitrogens with zero attached hydrogens (tertiary/aromatic N) is 1. The minimum atomic E-state index is -0.255. The largest absolute Gasteiger partial charge is 0.466 e. The number of hydrogen-bond donors (Lipinski definition) is 0. The van der Waals surface area contributed by atoms with Crippen LogP contribution in [0.5, 0.6) is 0 Å². The molecule has 5 heteroatoms. The van der Waals surface area contributed by atoms with Crippen LogP contribution in [0.15, 0.2) is 42.5 Å². The van der Waals surface area contributed by atoms with Crippen molar-refractivity contribution in [3.05, 3.63) is 55.0 Å². The number of rotatable bonds is 5. The van der Waals surface area contributed by atoms with Crippen LogP contribution < -0.4 is 0 Å². The van der Waals surface area contributed by atoms with E-state index in [1.807, 2.05) is 43.3 Å². The summed E-state index contributed by atoms with van der Waals surface area (Å²) in [6, 6.07) is 9.71. The molecule has 0 N–H and O–H groups in total. The number of ether oxygens (including phenoxy) is 2. The Hall–Kier alpha value is -2.30. The van der Waals surface area contributed by atoms with Gasteiger partial charge in [-0.25, -0.2) is 4.79 Å². The first kappa shape index (κ1) is 20.4. The van der Waals surface area contributed by atoms with E-state index in [0.29, 0.717) is 32.2 Å². The van der Waals surface area contributed by atoms with Gasteiger partial charge in [-0.15, -0.1) is 0 Å². The Morgan fingerprint density at radius 3 is 2.54 bits per heavy atom. The summed E-state index contributed by atoms with van der Waals surface area (Å²) < 4.78 is 10.6. The van der Waals surface area contributed by atoms with Crippen molar-refractivity contribution in [2.24, 2.45) is 17.3 Å². The molecule has 5 nitrogen and oxygen atoms in total. The third kappa shape index (κ3) is 4.57. The lowest BCUT2D eigenvalue weighted by Crippen LogP contribution is -2.47. The van der Waals surface area contributed by atoms with E-state index >= 15 is 0 Å². The zero-order valence-electron chi connectivity index (χ0n) is 16.6. The molecular weight excluding hydrogens is 354 g/mol. The van der Waals surface area contributed by atoms with Gasteiger partial charge in [-0.3, -0.25) is 4.79 Å². The molecule has 0 saturated carbocycles. The van der Waals surface area contributed by atoms with Crippen LogP contribution in [0, 0.1) is 24.2 Å². The number of likely N-dealkylation sites (tertiary alicyclic amines) is 1. The van der Waals surface area contributed by atoms with Crippen LogP contribution >= 0.6 is 0 Å². The van der Waals surface area contributed by atoms with E-state index in [1.165, 1.54) is 0 Å². The molecule has 1 spiro atoms. The molecule has 1 aliphatic carbocycles. The number of carbonyl (C=O) groups is 2. The Labute approximate surface area is 167 Å². The van der Waals surface area contributed by atoms with Gasteiger partial charge in [-0.1, -0.05) is 49.4 Å². The van der Waals surface area contributed by atoms with Gasteiger partial charge in [0, 0.05) is 13.1 Å². The molecule has 3 rings (SSSR count). The summed E-state index contributed by atoms with van der Waals surface area (Å²) in [5, 5.41) is 0. The summed E-state index contributed by atoms with van der Waals surface area (Å²) in [6.07, 6.45) is 7.25. The third-order valence-corrected chi connectivity index (χ3v) is 6.11. The molecule has 2 unspecified atom stereocenters. The van der Waals surface area contributed by atoms with Gasteiger partial charge in [0.2, 0.25) is 0 Å². The number of amides is 1. The van der Waals surface area contributed by atoms with Gasteiger partial charge >= 0.3 is 12.1 Å². The maximum atomic E-state index is 12.4. The van der Waals surface area contributed by atoms with E-state index in [0.717, 1.165) is 31.2 Å². The standard InChI is InChI=1S/C23H30NO4/c1-3-20-16-19(21(25)27-4-2)10-11-23(20)12-14-24(15-13-23)22(26)28-17-18-8-6-5-7-9-18/h5-11,19-20H,1,3-4,12-17H2,2H3. The van der Waals surface area contributed by atoms with Gasteiger partial charge in [0.05, 0.1) is 12.5 Å². The minimum absolute atomic E-state index is 0.0148. The molecule has 151 valence electrons. The Kier molecular flexibility index (Phi) is 6.76. The highest BCUT2D eigenvalue weighted by atomic mass is 16.6. The topological polar surface area (TPSA) is 55.8 Å². The second-order valence-electron chi connectivity index (χ2n) is 7.70. The fourth-order valence-corrected chi connectivity index (χ4v) is 4.38. The fraction of sp³-hybridized carbons (Fsp3) is 0.522. The number of piperidine rings is 1. The first-order chi connectivity index (χ1) is 13.6. The van der Waals surface area contributed by atoms with Crippen molar-refractivity contribution in [1.82, 2.24) is 4.90 Å². The molecule has 1 heterocycles. The maximum absolute atomic E-state index is 12.4. The number of benzene rings is 1. The predicted molar refractivity (Wildman–Crippen MR) is 107 cm³/mol. The SMILES string of the molecule is [CH2]CC1CC(C(=O)OCC)C=CC12CCN(C(=O)OCc1ccccc1)CC2. The lowest BCUT2D eigenvalue weighted by atomic mass is 9.62. The van der Waals surface area contributed by atoms with Crippen LogP contribution in [0.3, 0.4) is 0 Å². The van der Waals surface area contributed by atoms with E-state index in [9.17, 15) is 9.59 Å². The van der Waals surface area contributed by atoms with Crippen LogP contribution in [-0.2, 0) is 20.9 Å². The monoisotopic (exact) mass is 384 g/mol. The van der Waals surface area contributed by atoms with E-state index in [4.69, 9.17) is 9.47 Å². The van der Waals surface area contributed by atoms with Crippen LogP contribution in [0.2, 0.25) is 0 Å². The highest BCUT2D eigenvalue weighted by Crippen LogP contribution is 2.48. The average Bonchev–Trinajstić information content (AvgIpc) is 2.74. The molecule has 0 bridgehead atoms. The summed E-state index contributed by atoms with van der Waals surface area (Å²) in [5.41, 5.74) is 1.00. The first-order valence-corrected chi connectivity index (χ1v) is 10.2. The van der Waals surface area contributed by atoms with Crippen LogP contribution in [0.4, 0.5) is 4.79 Å². The van der Waals surface area contributed by atoms with Crippen molar-refractivity contribution in [3.63, 3.8) is 0 Å². The van der Waals surface area contributed by atoms with Crippen molar-refractivity contribution < 1.29 is 19.1 Å². The lowest BCUT2D eigenvalue weighted by molar-refractivity contribution is -0.147.